The number of methoxy groups -OCH3 is 1. The van der Waals surface area contributed by atoms with E-state index in [9.17, 15) is 13.2 Å². The summed E-state index contributed by atoms with van der Waals surface area (Å²) in [6.07, 6.45) is -2.98. The van der Waals surface area contributed by atoms with Crippen LogP contribution in [0.15, 0.2) is 36.5 Å². The lowest BCUT2D eigenvalue weighted by atomic mass is 9.99. The second-order valence-corrected chi connectivity index (χ2v) is 3.93. The maximum atomic E-state index is 12.6. The highest BCUT2D eigenvalue weighted by atomic mass is 19.4. The van der Waals surface area contributed by atoms with E-state index in [-0.39, 0.29) is 11.4 Å². The predicted octanol–water partition coefficient (Wildman–Crippen LogP) is 3.65. The van der Waals surface area contributed by atoms with Crippen molar-refractivity contribution in [3.05, 3.63) is 47.7 Å². The zero-order valence-corrected chi connectivity index (χ0v) is 10.4. The number of rotatable bonds is 2. The maximum Gasteiger partial charge on any atom is 0.416 e. The lowest BCUT2D eigenvalue weighted by Gasteiger charge is -2.11. The standard InChI is InChI=1S/C14H9F3N2O/c1-20-13-12(3-2-6-19-13)11-5-4-10(14(15,16)17)7-9(11)8-18/h2-7H,1H3. The molecule has 1 aromatic carbocycles. The average molecular weight is 278 g/mol. The zero-order valence-electron chi connectivity index (χ0n) is 10.4. The maximum absolute atomic E-state index is 12.6. The van der Waals surface area contributed by atoms with Crippen LogP contribution in [-0.2, 0) is 6.18 Å². The van der Waals surface area contributed by atoms with Crippen LogP contribution in [0.25, 0.3) is 11.1 Å². The van der Waals surface area contributed by atoms with Crippen LogP contribution in [0, 0.1) is 11.3 Å². The van der Waals surface area contributed by atoms with Gasteiger partial charge in [0.15, 0.2) is 0 Å². The van der Waals surface area contributed by atoms with Gasteiger partial charge in [-0.25, -0.2) is 4.98 Å². The van der Waals surface area contributed by atoms with Crippen LogP contribution in [0.2, 0.25) is 0 Å². The zero-order chi connectivity index (χ0) is 14.8. The molecule has 6 heteroatoms. The fraction of sp³-hybridized carbons (Fsp3) is 0.143. The highest BCUT2D eigenvalue weighted by molar-refractivity contribution is 5.74. The number of hydrogen-bond acceptors (Lipinski definition) is 3. The lowest BCUT2D eigenvalue weighted by molar-refractivity contribution is -0.137. The van der Waals surface area contributed by atoms with Gasteiger partial charge in [-0.15, -0.1) is 0 Å². The van der Waals surface area contributed by atoms with E-state index in [4.69, 9.17) is 10.00 Å². The first-order valence-corrected chi connectivity index (χ1v) is 5.58. The number of alkyl halides is 3. The smallest absolute Gasteiger partial charge is 0.416 e. The van der Waals surface area contributed by atoms with Crippen molar-refractivity contribution in [3.8, 4) is 23.1 Å². The van der Waals surface area contributed by atoms with Crippen molar-refractivity contribution in [2.45, 2.75) is 6.18 Å². The Morgan fingerprint density at radius 1 is 1.20 bits per heavy atom. The predicted molar refractivity (Wildman–Crippen MR) is 65.9 cm³/mol. The van der Waals surface area contributed by atoms with Gasteiger partial charge in [0.25, 0.3) is 0 Å². The molecule has 0 atom stereocenters. The molecule has 0 N–H and O–H groups in total. The summed E-state index contributed by atoms with van der Waals surface area (Å²) in [4.78, 5) is 3.97. The summed E-state index contributed by atoms with van der Waals surface area (Å²) in [5.74, 6) is 0.253. The summed E-state index contributed by atoms with van der Waals surface area (Å²) in [6, 6.07) is 8.04. The largest absolute Gasteiger partial charge is 0.481 e. The number of hydrogen-bond donors (Lipinski definition) is 0. The van der Waals surface area contributed by atoms with Crippen molar-refractivity contribution in [3.63, 3.8) is 0 Å². The lowest BCUT2D eigenvalue weighted by Crippen LogP contribution is -2.05. The van der Waals surface area contributed by atoms with Crippen LogP contribution in [0.3, 0.4) is 0 Å². The van der Waals surface area contributed by atoms with E-state index in [2.05, 4.69) is 4.98 Å². The molecular formula is C14H9F3N2O. The van der Waals surface area contributed by atoms with Crippen molar-refractivity contribution in [1.29, 1.82) is 5.26 Å². The van der Waals surface area contributed by atoms with Gasteiger partial charge in [0.1, 0.15) is 0 Å². The van der Waals surface area contributed by atoms with Crippen LogP contribution in [0.4, 0.5) is 13.2 Å². The summed E-state index contributed by atoms with van der Waals surface area (Å²) < 4.78 is 43.0. The molecule has 0 spiro atoms. The second kappa shape index (κ2) is 5.21. The molecule has 0 saturated heterocycles. The third kappa shape index (κ3) is 2.57. The summed E-state index contributed by atoms with van der Waals surface area (Å²) >= 11 is 0. The molecule has 0 aliphatic carbocycles. The van der Waals surface area contributed by atoms with Crippen LogP contribution < -0.4 is 4.74 Å². The van der Waals surface area contributed by atoms with Gasteiger partial charge in [0.2, 0.25) is 5.88 Å². The number of benzene rings is 1. The number of aromatic nitrogens is 1. The Morgan fingerprint density at radius 2 is 1.95 bits per heavy atom. The molecule has 1 heterocycles. The molecule has 0 fully saturated rings. The average Bonchev–Trinajstić information content (AvgIpc) is 2.45. The van der Waals surface area contributed by atoms with E-state index in [1.54, 1.807) is 18.2 Å². The molecule has 0 unspecified atom stereocenters. The van der Waals surface area contributed by atoms with E-state index >= 15 is 0 Å². The molecule has 0 radical (unpaired) electrons. The first-order valence-electron chi connectivity index (χ1n) is 5.58. The fourth-order valence-corrected chi connectivity index (χ4v) is 1.81. The minimum absolute atomic E-state index is 0.0777. The third-order valence-corrected chi connectivity index (χ3v) is 2.72. The summed E-state index contributed by atoms with van der Waals surface area (Å²) in [5.41, 5.74) is -0.113. The monoisotopic (exact) mass is 278 g/mol. The van der Waals surface area contributed by atoms with Crippen molar-refractivity contribution in [1.82, 2.24) is 4.98 Å². The van der Waals surface area contributed by atoms with Crippen molar-refractivity contribution in [2.75, 3.05) is 7.11 Å². The van der Waals surface area contributed by atoms with Crippen LogP contribution in [0.1, 0.15) is 11.1 Å². The normalized spacial score (nSPS) is 10.9. The third-order valence-electron chi connectivity index (χ3n) is 2.72. The number of nitrogens with zero attached hydrogens (tertiary/aromatic N) is 2. The van der Waals surface area contributed by atoms with E-state index < -0.39 is 11.7 Å². The van der Waals surface area contributed by atoms with E-state index in [0.29, 0.717) is 11.1 Å². The van der Waals surface area contributed by atoms with Gasteiger partial charge in [0.05, 0.1) is 24.3 Å². The number of nitriles is 1. The summed E-state index contributed by atoms with van der Waals surface area (Å²) in [7, 11) is 1.40. The Balaban J connectivity index is 2.62. The fourth-order valence-electron chi connectivity index (χ4n) is 1.81. The van der Waals surface area contributed by atoms with Gasteiger partial charge in [-0.2, -0.15) is 18.4 Å². The topological polar surface area (TPSA) is 45.9 Å². The molecule has 0 aliphatic heterocycles. The molecule has 20 heavy (non-hydrogen) atoms. The molecule has 0 amide bonds. The summed E-state index contributed by atoms with van der Waals surface area (Å²) in [6.45, 7) is 0. The minimum Gasteiger partial charge on any atom is -0.481 e. The van der Waals surface area contributed by atoms with E-state index in [1.165, 1.54) is 19.4 Å². The quantitative estimate of drug-likeness (QED) is 0.842. The van der Waals surface area contributed by atoms with E-state index in [0.717, 1.165) is 12.1 Å². The molecule has 0 bridgehead atoms. The van der Waals surface area contributed by atoms with Gasteiger partial charge < -0.3 is 4.74 Å². The molecule has 0 saturated carbocycles. The SMILES string of the molecule is COc1ncccc1-c1ccc(C(F)(F)F)cc1C#N. The second-order valence-electron chi connectivity index (χ2n) is 3.93. The molecule has 2 aromatic rings. The molecule has 2 rings (SSSR count). The van der Waals surface area contributed by atoms with Crippen molar-refractivity contribution < 1.29 is 17.9 Å². The Bertz CT molecular complexity index is 675. The van der Waals surface area contributed by atoms with Gasteiger partial charge in [-0.05, 0) is 24.3 Å². The van der Waals surface area contributed by atoms with Gasteiger partial charge in [-0.3, -0.25) is 0 Å². The highest BCUT2D eigenvalue weighted by Crippen LogP contribution is 2.35. The minimum atomic E-state index is -4.48. The Morgan fingerprint density at radius 3 is 2.55 bits per heavy atom. The van der Waals surface area contributed by atoms with Crippen molar-refractivity contribution in [2.24, 2.45) is 0 Å². The first-order chi connectivity index (χ1) is 9.47. The molecule has 0 aliphatic rings. The molecule has 102 valence electrons. The van der Waals surface area contributed by atoms with Crippen LogP contribution in [0.5, 0.6) is 5.88 Å². The van der Waals surface area contributed by atoms with Gasteiger partial charge in [0, 0.05) is 17.3 Å². The Hall–Kier alpha value is -2.55. The Labute approximate surface area is 113 Å². The van der Waals surface area contributed by atoms with Gasteiger partial charge >= 0.3 is 6.18 Å². The highest BCUT2D eigenvalue weighted by Gasteiger charge is 2.31. The van der Waals surface area contributed by atoms with Gasteiger partial charge in [-0.1, -0.05) is 6.07 Å². The number of pyridine rings is 1. The van der Waals surface area contributed by atoms with E-state index in [1.807, 2.05) is 0 Å². The Kier molecular flexibility index (Phi) is 3.61. The molecule has 3 nitrogen and oxygen atoms in total. The molecule has 1 aromatic heterocycles. The molecular weight excluding hydrogens is 269 g/mol. The number of ether oxygens (including phenoxy) is 1. The van der Waals surface area contributed by atoms with Crippen LogP contribution >= 0.6 is 0 Å². The summed E-state index contributed by atoms with van der Waals surface area (Å²) in [5, 5.41) is 9.05. The first kappa shape index (κ1) is 13.9. The van der Waals surface area contributed by atoms with Crippen LogP contribution in [-0.4, -0.2) is 12.1 Å². The number of halogens is 3. The van der Waals surface area contributed by atoms with Crippen molar-refractivity contribution >= 4 is 0 Å².